The van der Waals surface area contributed by atoms with Crippen LogP contribution in [0, 0.1) is 10.1 Å². The number of thioether (sulfide) groups is 1. The summed E-state index contributed by atoms with van der Waals surface area (Å²) in [6.07, 6.45) is 0.216. The second-order valence-electron chi connectivity index (χ2n) is 7.43. The van der Waals surface area contributed by atoms with E-state index in [4.69, 9.17) is 16.3 Å². The Labute approximate surface area is 196 Å². The number of alkyl halides is 1. The van der Waals surface area contributed by atoms with E-state index in [9.17, 15) is 24.5 Å². The number of benzene rings is 1. The van der Waals surface area contributed by atoms with Crippen LogP contribution in [0.15, 0.2) is 41.8 Å². The van der Waals surface area contributed by atoms with Crippen LogP contribution in [0.3, 0.4) is 0 Å². The van der Waals surface area contributed by atoms with Crippen LogP contribution in [-0.2, 0) is 32.1 Å². The summed E-state index contributed by atoms with van der Waals surface area (Å²) in [5, 5.41) is 15.1. The van der Waals surface area contributed by atoms with E-state index in [1.165, 1.54) is 52.3 Å². The lowest BCUT2D eigenvalue weighted by molar-refractivity contribution is -0.384. The van der Waals surface area contributed by atoms with Crippen molar-refractivity contribution in [2.24, 2.45) is 0 Å². The number of hydrogen-bond donors (Lipinski definition) is 1. The molecular formula is C20H18ClN3O6S2. The zero-order valence-electron chi connectivity index (χ0n) is 16.6. The first-order valence-corrected chi connectivity index (χ1v) is 11.9. The summed E-state index contributed by atoms with van der Waals surface area (Å²) in [4.78, 5) is 48.6. The van der Waals surface area contributed by atoms with Gasteiger partial charge in [-0.3, -0.25) is 24.5 Å². The molecule has 0 radical (unpaired) electrons. The van der Waals surface area contributed by atoms with Crippen molar-refractivity contribution >= 4 is 58.2 Å². The molecule has 0 aliphatic carbocycles. The molecule has 168 valence electrons. The predicted octanol–water partition coefficient (Wildman–Crippen LogP) is 2.32. The number of ether oxygens (including phenoxy) is 1. The average molecular weight is 496 g/mol. The first kappa shape index (κ1) is 22.6. The summed E-state index contributed by atoms with van der Waals surface area (Å²) < 4.78 is 5.30. The van der Waals surface area contributed by atoms with Gasteiger partial charge < -0.3 is 15.0 Å². The molecule has 2 aliphatic rings. The third kappa shape index (κ3) is 4.59. The molecule has 2 amide bonds. The van der Waals surface area contributed by atoms with Gasteiger partial charge in [-0.05, 0) is 29.1 Å². The Bertz CT molecular complexity index is 1050. The number of hydrogen-bond acceptors (Lipinski definition) is 8. The van der Waals surface area contributed by atoms with Crippen molar-refractivity contribution < 1.29 is 24.0 Å². The summed E-state index contributed by atoms with van der Waals surface area (Å²) in [6.45, 7) is -0.101. The molecule has 2 aromatic rings. The van der Waals surface area contributed by atoms with Gasteiger partial charge in [0.25, 0.3) is 5.69 Å². The molecule has 2 saturated heterocycles. The lowest BCUT2D eigenvalue weighted by Crippen LogP contribution is -2.74. The van der Waals surface area contributed by atoms with Gasteiger partial charge in [0.15, 0.2) is 4.87 Å². The van der Waals surface area contributed by atoms with E-state index in [1.54, 1.807) is 0 Å². The fraction of sp³-hybridized carbons (Fsp3) is 0.350. The number of esters is 1. The van der Waals surface area contributed by atoms with Gasteiger partial charge in [0.2, 0.25) is 11.8 Å². The summed E-state index contributed by atoms with van der Waals surface area (Å²) in [7, 11) is 0. The van der Waals surface area contributed by atoms with Gasteiger partial charge in [-0.2, -0.15) is 0 Å². The Hall–Kier alpha value is -2.63. The molecule has 1 aromatic carbocycles. The minimum absolute atomic E-state index is 0.0125. The van der Waals surface area contributed by atoms with Crippen LogP contribution in [-0.4, -0.2) is 56.2 Å². The number of carbonyl (C=O) groups is 3. The zero-order chi connectivity index (χ0) is 22.9. The molecule has 12 heteroatoms. The maximum absolute atomic E-state index is 12.6. The highest BCUT2D eigenvalue weighted by Gasteiger charge is 2.57. The molecule has 2 fully saturated rings. The Morgan fingerprint density at radius 1 is 1.31 bits per heavy atom. The van der Waals surface area contributed by atoms with Gasteiger partial charge in [0.05, 0.1) is 17.9 Å². The second-order valence-corrected chi connectivity index (χ2v) is 10.3. The topological polar surface area (TPSA) is 119 Å². The fourth-order valence-electron chi connectivity index (χ4n) is 3.46. The van der Waals surface area contributed by atoms with Gasteiger partial charge >= 0.3 is 5.97 Å². The molecule has 0 saturated carbocycles. The Balaban J connectivity index is 1.29. The van der Waals surface area contributed by atoms with Crippen LogP contribution in [0.1, 0.15) is 10.4 Å². The van der Waals surface area contributed by atoms with E-state index in [-0.39, 0.29) is 48.2 Å². The molecule has 2 unspecified atom stereocenters. The number of nitro groups is 1. The third-order valence-corrected chi connectivity index (χ3v) is 8.13. The molecule has 0 bridgehead atoms. The van der Waals surface area contributed by atoms with Crippen molar-refractivity contribution in [2.45, 2.75) is 29.3 Å². The fourth-order valence-corrected chi connectivity index (χ4v) is 5.91. The number of rotatable bonds is 7. The van der Waals surface area contributed by atoms with E-state index in [0.717, 1.165) is 4.88 Å². The van der Waals surface area contributed by atoms with Crippen molar-refractivity contribution in [1.29, 1.82) is 0 Å². The standard InChI is InChI=1S/C20H18ClN3O6S2/c21-20(19(27)30-9-12-3-5-13(6-4-12)24(28)29)10-23-17(26)16(18(23)32-11-20)22-15(25)8-14-2-1-7-31-14/h1-7,16,18H,8-11H2,(H,22,25)/t16?,18-,20?/m1/s1. The van der Waals surface area contributed by atoms with Crippen LogP contribution >= 0.6 is 34.7 Å². The molecule has 9 nitrogen and oxygen atoms in total. The Kier molecular flexibility index (Phi) is 6.40. The minimum atomic E-state index is -1.40. The highest BCUT2D eigenvalue weighted by Crippen LogP contribution is 2.41. The van der Waals surface area contributed by atoms with E-state index in [0.29, 0.717) is 5.56 Å². The van der Waals surface area contributed by atoms with Gasteiger partial charge in [0, 0.05) is 22.8 Å². The number of non-ortho nitro benzene ring substituents is 1. The number of nitrogens with zero attached hydrogens (tertiary/aromatic N) is 2. The Morgan fingerprint density at radius 2 is 2.06 bits per heavy atom. The molecule has 3 heterocycles. The monoisotopic (exact) mass is 495 g/mol. The van der Waals surface area contributed by atoms with Gasteiger partial charge in [-0.15, -0.1) is 34.7 Å². The van der Waals surface area contributed by atoms with Crippen LogP contribution in [0.25, 0.3) is 0 Å². The molecule has 32 heavy (non-hydrogen) atoms. The molecule has 1 aromatic heterocycles. The number of thiophene rings is 1. The zero-order valence-corrected chi connectivity index (χ0v) is 19.0. The van der Waals surface area contributed by atoms with Crippen molar-refractivity contribution in [3.63, 3.8) is 0 Å². The third-order valence-electron chi connectivity index (χ3n) is 5.16. The van der Waals surface area contributed by atoms with Gasteiger partial charge in [-0.25, -0.2) is 0 Å². The van der Waals surface area contributed by atoms with Crippen molar-refractivity contribution in [3.8, 4) is 0 Å². The number of carbonyl (C=O) groups excluding carboxylic acids is 3. The molecule has 1 N–H and O–H groups in total. The smallest absolute Gasteiger partial charge is 0.330 e. The minimum Gasteiger partial charge on any atom is -0.459 e. The maximum Gasteiger partial charge on any atom is 0.330 e. The average Bonchev–Trinajstić information content (AvgIpc) is 3.29. The number of nitrogens with one attached hydrogen (secondary N) is 1. The van der Waals surface area contributed by atoms with Crippen molar-refractivity contribution in [3.05, 3.63) is 62.3 Å². The van der Waals surface area contributed by atoms with E-state index >= 15 is 0 Å². The van der Waals surface area contributed by atoms with Crippen molar-refractivity contribution in [2.75, 3.05) is 12.3 Å². The second kappa shape index (κ2) is 9.08. The molecule has 0 spiro atoms. The van der Waals surface area contributed by atoms with Crippen LogP contribution < -0.4 is 5.32 Å². The quantitative estimate of drug-likeness (QED) is 0.206. The number of amides is 2. The van der Waals surface area contributed by atoms with E-state index in [1.807, 2.05) is 17.5 Å². The molecule has 4 rings (SSSR count). The van der Waals surface area contributed by atoms with E-state index < -0.39 is 21.8 Å². The lowest BCUT2D eigenvalue weighted by Gasteiger charge is -2.52. The normalized spacial score (nSPS) is 24.3. The van der Waals surface area contributed by atoms with Crippen LogP contribution in [0.2, 0.25) is 0 Å². The number of fused-ring (bicyclic) bond motifs is 1. The summed E-state index contributed by atoms with van der Waals surface area (Å²) in [6, 6.07) is 8.74. The van der Waals surface area contributed by atoms with Crippen molar-refractivity contribution in [1.82, 2.24) is 10.2 Å². The first-order chi connectivity index (χ1) is 15.3. The number of nitro benzene ring substituents is 1. The number of halogens is 1. The predicted molar refractivity (Wildman–Crippen MR) is 119 cm³/mol. The van der Waals surface area contributed by atoms with Gasteiger partial charge in [0.1, 0.15) is 18.0 Å². The highest BCUT2D eigenvalue weighted by atomic mass is 35.5. The molecular weight excluding hydrogens is 478 g/mol. The summed E-state index contributed by atoms with van der Waals surface area (Å²) >= 11 is 9.30. The van der Waals surface area contributed by atoms with Gasteiger partial charge in [-0.1, -0.05) is 6.07 Å². The summed E-state index contributed by atoms with van der Waals surface area (Å²) in [5.74, 6) is -0.952. The number of β-lactam (4-membered cyclic amide) rings is 1. The maximum atomic E-state index is 12.6. The largest absolute Gasteiger partial charge is 0.459 e. The molecule has 3 atom stereocenters. The molecule has 2 aliphatic heterocycles. The lowest BCUT2D eigenvalue weighted by atomic mass is 10.0. The van der Waals surface area contributed by atoms with E-state index in [2.05, 4.69) is 5.32 Å². The Morgan fingerprint density at radius 3 is 2.72 bits per heavy atom. The van der Waals surface area contributed by atoms with Crippen LogP contribution in [0.4, 0.5) is 5.69 Å². The highest BCUT2D eigenvalue weighted by molar-refractivity contribution is 8.00. The van der Waals surface area contributed by atoms with Crippen LogP contribution in [0.5, 0.6) is 0 Å². The first-order valence-electron chi connectivity index (χ1n) is 9.60. The SMILES string of the molecule is O=C(Cc1cccs1)NC1C(=O)N2CC(Cl)(C(=O)OCc3ccc([N+](=O)[O-])cc3)CS[C@H]12. The summed E-state index contributed by atoms with van der Waals surface area (Å²) in [5.41, 5.74) is 0.524.